The van der Waals surface area contributed by atoms with E-state index in [9.17, 15) is 14.4 Å². The first-order valence-corrected chi connectivity index (χ1v) is 10.2. The summed E-state index contributed by atoms with van der Waals surface area (Å²) in [7, 11) is 1.30. The molecular weight excluding hydrogens is 450 g/mol. The maximum absolute atomic E-state index is 12.5. The van der Waals surface area contributed by atoms with Crippen molar-refractivity contribution in [3.63, 3.8) is 0 Å². The second kappa shape index (κ2) is 8.92. The third-order valence-electron chi connectivity index (χ3n) is 4.31. The van der Waals surface area contributed by atoms with Crippen molar-refractivity contribution in [1.82, 2.24) is 20.0 Å². The average Bonchev–Trinajstić information content (AvgIpc) is 3.43. The summed E-state index contributed by atoms with van der Waals surface area (Å²) in [5, 5.41) is 18.6. The summed E-state index contributed by atoms with van der Waals surface area (Å²) in [5.41, 5.74) is 5.46. The minimum atomic E-state index is -0.976. The highest BCUT2D eigenvalue weighted by molar-refractivity contribution is 7.17. The molecule has 3 aromatic heterocycles. The smallest absolute Gasteiger partial charge is 0.381 e. The zero-order valence-corrected chi connectivity index (χ0v) is 18.2. The Morgan fingerprint density at radius 2 is 1.94 bits per heavy atom. The van der Waals surface area contributed by atoms with Gasteiger partial charge < -0.3 is 25.5 Å². The summed E-state index contributed by atoms with van der Waals surface area (Å²) in [5.74, 6) is -1.48. The van der Waals surface area contributed by atoms with E-state index < -0.39 is 17.3 Å². The van der Waals surface area contributed by atoms with Gasteiger partial charge in [-0.25, -0.2) is 4.79 Å². The van der Waals surface area contributed by atoms with Gasteiger partial charge in [0.1, 0.15) is 11.5 Å². The number of primary amides is 1. The van der Waals surface area contributed by atoms with E-state index in [1.807, 2.05) is 6.07 Å². The summed E-state index contributed by atoms with van der Waals surface area (Å²) in [6, 6.07) is 10.5. The molecule has 12 nitrogen and oxygen atoms in total. The van der Waals surface area contributed by atoms with Gasteiger partial charge in [-0.1, -0.05) is 29.5 Å². The molecule has 0 aliphatic carbocycles. The van der Waals surface area contributed by atoms with Crippen LogP contribution >= 0.6 is 11.3 Å². The number of carbonyl (C=O) groups excluding carboxylic acids is 2. The molecule has 0 aliphatic heterocycles. The molecule has 0 radical (unpaired) electrons. The number of methoxy groups -OCH3 is 1. The van der Waals surface area contributed by atoms with Gasteiger partial charge in [-0.15, -0.1) is 10.2 Å². The van der Waals surface area contributed by atoms with Crippen LogP contribution in [0.3, 0.4) is 0 Å². The largest absolute Gasteiger partial charge is 0.488 e. The van der Waals surface area contributed by atoms with Crippen molar-refractivity contribution in [1.29, 1.82) is 0 Å². The molecule has 168 valence electrons. The van der Waals surface area contributed by atoms with Gasteiger partial charge in [-0.05, 0) is 12.1 Å². The van der Waals surface area contributed by atoms with E-state index in [4.69, 9.17) is 14.9 Å². The lowest BCUT2D eigenvalue weighted by Crippen LogP contribution is -2.19. The Balaban J connectivity index is 1.90. The van der Waals surface area contributed by atoms with Gasteiger partial charge in [0.25, 0.3) is 5.91 Å². The van der Waals surface area contributed by atoms with Gasteiger partial charge >= 0.3 is 5.63 Å². The van der Waals surface area contributed by atoms with Crippen LogP contribution in [0.25, 0.3) is 15.7 Å². The van der Waals surface area contributed by atoms with Crippen LogP contribution < -0.4 is 26.7 Å². The highest BCUT2D eigenvalue weighted by Crippen LogP contribution is 2.40. The number of amides is 2. The average molecular weight is 467 g/mol. The maximum Gasteiger partial charge on any atom is 0.381 e. The fourth-order valence-electron chi connectivity index (χ4n) is 3.00. The minimum absolute atomic E-state index is 0.0970. The number of rotatable bonds is 7. The lowest BCUT2D eigenvalue weighted by Gasteiger charge is -2.15. The van der Waals surface area contributed by atoms with E-state index in [1.54, 1.807) is 30.3 Å². The Kier molecular flexibility index (Phi) is 5.87. The number of ether oxygens (including phenoxy) is 1. The van der Waals surface area contributed by atoms with Crippen LogP contribution in [-0.4, -0.2) is 38.9 Å². The number of para-hydroxylation sites is 1. The third-order valence-corrected chi connectivity index (χ3v) is 5.23. The molecule has 0 spiro atoms. The Morgan fingerprint density at radius 3 is 2.61 bits per heavy atom. The van der Waals surface area contributed by atoms with Crippen LogP contribution in [0.1, 0.15) is 17.5 Å². The maximum atomic E-state index is 12.5. The van der Waals surface area contributed by atoms with Crippen LogP contribution in [0.4, 0.5) is 17.2 Å². The number of anilines is 3. The molecule has 0 fully saturated rings. The summed E-state index contributed by atoms with van der Waals surface area (Å²) in [6.07, 6.45) is 1.48. The zero-order valence-electron chi connectivity index (χ0n) is 17.4. The van der Waals surface area contributed by atoms with Crippen molar-refractivity contribution >= 4 is 40.3 Å². The number of hydrogen-bond acceptors (Lipinski definition) is 10. The number of hydrogen-bond donors (Lipinski definition) is 3. The van der Waals surface area contributed by atoms with Crippen molar-refractivity contribution in [2.75, 3.05) is 17.7 Å². The molecule has 0 unspecified atom stereocenters. The lowest BCUT2D eigenvalue weighted by atomic mass is 10.1. The van der Waals surface area contributed by atoms with E-state index in [1.165, 1.54) is 24.9 Å². The Labute approximate surface area is 190 Å². The summed E-state index contributed by atoms with van der Waals surface area (Å²) < 4.78 is 11.8. The van der Waals surface area contributed by atoms with E-state index >= 15 is 0 Å². The summed E-state index contributed by atoms with van der Waals surface area (Å²) in [6.45, 7) is 1.36. The molecule has 13 heteroatoms. The molecule has 0 saturated carbocycles. The highest BCUT2D eigenvalue weighted by atomic mass is 32.1. The summed E-state index contributed by atoms with van der Waals surface area (Å²) >= 11 is 1.03. The Morgan fingerprint density at radius 1 is 1.18 bits per heavy atom. The molecule has 4 N–H and O–H groups in total. The Bertz CT molecular complexity index is 1390. The van der Waals surface area contributed by atoms with Crippen molar-refractivity contribution in [3.05, 3.63) is 58.8 Å². The predicted octanol–water partition coefficient (Wildman–Crippen LogP) is 2.15. The van der Waals surface area contributed by atoms with Crippen LogP contribution in [0.15, 0.2) is 51.8 Å². The van der Waals surface area contributed by atoms with Gasteiger partial charge in [0, 0.05) is 18.7 Å². The van der Waals surface area contributed by atoms with Crippen molar-refractivity contribution in [3.8, 4) is 21.5 Å². The molecule has 0 aliphatic rings. The Hall–Kier alpha value is -4.52. The molecule has 0 atom stereocenters. The summed E-state index contributed by atoms with van der Waals surface area (Å²) in [4.78, 5) is 36.1. The molecular formula is C20H17N7O5S. The highest BCUT2D eigenvalue weighted by Gasteiger charge is 2.28. The molecule has 33 heavy (non-hydrogen) atoms. The second-order valence-electron chi connectivity index (χ2n) is 6.56. The first-order chi connectivity index (χ1) is 15.9. The predicted molar refractivity (Wildman–Crippen MR) is 120 cm³/mol. The molecule has 4 rings (SSSR count). The van der Waals surface area contributed by atoms with Gasteiger partial charge in [0.05, 0.1) is 18.9 Å². The van der Waals surface area contributed by atoms with Gasteiger partial charge in [0.2, 0.25) is 22.5 Å². The van der Waals surface area contributed by atoms with Crippen LogP contribution in [-0.2, 0) is 4.79 Å². The fourth-order valence-corrected chi connectivity index (χ4v) is 3.87. The number of nitrogens with zero attached hydrogens (tertiary/aromatic N) is 4. The second-order valence-corrected chi connectivity index (χ2v) is 7.51. The van der Waals surface area contributed by atoms with Crippen LogP contribution in [0.5, 0.6) is 5.75 Å². The molecule has 0 saturated heterocycles. The van der Waals surface area contributed by atoms with Crippen molar-refractivity contribution in [2.45, 2.75) is 6.92 Å². The van der Waals surface area contributed by atoms with Gasteiger partial charge in [-0.2, -0.15) is 9.78 Å². The SMILES string of the molecule is COc1c(Nc2ccccc2)c(-c2nnc(-n3nccc3NC(C)=O)s2)c(C(N)=O)oc1=O. The lowest BCUT2D eigenvalue weighted by molar-refractivity contribution is -0.114. The first-order valence-electron chi connectivity index (χ1n) is 9.42. The molecule has 1 aromatic carbocycles. The zero-order chi connectivity index (χ0) is 23.5. The molecule has 2 amide bonds. The number of nitrogens with two attached hydrogens (primary N) is 1. The van der Waals surface area contributed by atoms with Gasteiger partial charge in [0.15, 0.2) is 5.01 Å². The standard InChI is InChI=1S/C20H17N7O5S/c1-10(28)23-12-8-9-22-27(12)20-26-25-18(33-20)13-14(24-11-6-4-3-5-7-11)16(31-2)19(30)32-15(13)17(21)29/h3-9,24H,1-2H3,(H2,21,29)(H,23,28). The number of carbonyl (C=O) groups is 2. The number of aromatic nitrogens is 4. The van der Waals surface area contributed by atoms with E-state index in [0.717, 1.165) is 11.3 Å². The van der Waals surface area contributed by atoms with E-state index in [-0.39, 0.29) is 33.0 Å². The fraction of sp³-hybridized carbons (Fsp3) is 0.100. The number of benzene rings is 1. The third kappa shape index (κ3) is 4.29. The van der Waals surface area contributed by atoms with Crippen LogP contribution in [0, 0.1) is 0 Å². The van der Waals surface area contributed by atoms with Crippen molar-refractivity contribution in [2.24, 2.45) is 5.73 Å². The molecule has 4 aromatic rings. The first kappa shape index (κ1) is 21.7. The van der Waals surface area contributed by atoms with Gasteiger partial charge in [-0.3, -0.25) is 9.59 Å². The monoisotopic (exact) mass is 467 g/mol. The topological polar surface area (TPSA) is 167 Å². The number of nitrogens with one attached hydrogen (secondary N) is 2. The molecule has 0 bridgehead atoms. The van der Waals surface area contributed by atoms with Crippen molar-refractivity contribution < 1.29 is 18.7 Å². The quantitative estimate of drug-likeness (QED) is 0.369. The molecule has 3 heterocycles. The minimum Gasteiger partial charge on any atom is -0.488 e. The van der Waals surface area contributed by atoms with E-state index in [2.05, 4.69) is 25.9 Å². The normalized spacial score (nSPS) is 10.6. The van der Waals surface area contributed by atoms with Crippen LogP contribution in [0.2, 0.25) is 0 Å². The van der Waals surface area contributed by atoms with E-state index in [0.29, 0.717) is 11.5 Å².